The molecule has 1 atom stereocenters. The van der Waals surface area contributed by atoms with E-state index in [1.165, 1.54) is 6.21 Å². The van der Waals surface area contributed by atoms with E-state index in [4.69, 9.17) is 4.74 Å². The largest absolute Gasteiger partial charge is 0.508 e. The van der Waals surface area contributed by atoms with E-state index in [-0.39, 0.29) is 11.7 Å². The standard InChI is InChI=1S/C19H23N3O3/c1-3-18(21-15-8-10-17(11-9-15)25-4-2)19(24)22-20-13-14-6-5-7-16(23)12-14/h5-13,18,21,23H,3-4H2,1-2H3,(H,22,24). The molecule has 0 aliphatic rings. The van der Waals surface area contributed by atoms with E-state index in [2.05, 4.69) is 15.8 Å². The zero-order valence-electron chi connectivity index (χ0n) is 14.4. The molecule has 2 rings (SSSR count). The minimum atomic E-state index is -0.403. The molecule has 0 radical (unpaired) electrons. The highest BCUT2D eigenvalue weighted by Crippen LogP contribution is 2.17. The van der Waals surface area contributed by atoms with Gasteiger partial charge in [0.1, 0.15) is 17.5 Å². The van der Waals surface area contributed by atoms with Crippen LogP contribution in [0.1, 0.15) is 25.8 Å². The molecule has 6 heteroatoms. The maximum Gasteiger partial charge on any atom is 0.262 e. The van der Waals surface area contributed by atoms with Crippen molar-refractivity contribution in [3.8, 4) is 11.5 Å². The molecule has 3 N–H and O–H groups in total. The Kier molecular flexibility index (Phi) is 6.83. The van der Waals surface area contributed by atoms with E-state index in [0.717, 1.165) is 11.4 Å². The molecule has 0 bridgehead atoms. The minimum absolute atomic E-state index is 0.152. The number of anilines is 1. The van der Waals surface area contributed by atoms with Gasteiger partial charge in [-0.3, -0.25) is 4.79 Å². The van der Waals surface area contributed by atoms with Gasteiger partial charge in [0.2, 0.25) is 0 Å². The van der Waals surface area contributed by atoms with E-state index in [9.17, 15) is 9.90 Å². The van der Waals surface area contributed by atoms with Crippen LogP contribution >= 0.6 is 0 Å². The number of hydrazone groups is 1. The van der Waals surface area contributed by atoms with Gasteiger partial charge in [0.25, 0.3) is 5.91 Å². The number of ether oxygens (including phenoxy) is 1. The molecule has 1 unspecified atom stereocenters. The lowest BCUT2D eigenvalue weighted by atomic mass is 10.2. The normalized spacial score (nSPS) is 11.9. The molecule has 0 saturated carbocycles. The van der Waals surface area contributed by atoms with Crippen molar-refractivity contribution in [3.05, 3.63) is 54.1 Å². The first kappa shape index (κ1) is 18.3. The van der Waals surface area contributed by atoms with Crippen LogP contribution in [0, 0.1) is 0 Å². The maximum atomic E-state index is 12.2. The Morgan fingerprint density at radius 2 is 2.00 bits per heavy atom. The Bertz CT molecular complexity index is 714. The summed E-state index contributed by atoms with van der Waals surface area (Å²) in [5, 5.41) is 16.5. The Morgan fingerprint density at radius 1 is 1.24 bits per heavy atom. The zero-order chi connectivity index (χ0) is 18.1. The lowest BCUT2D eigenvalue weighted by molar-refractivity contribution is -0.121. The third-order valence-corrected chi connectivity index (χ3v) is 3.49. The maximum absolute atomic E-state index is 12.2. The van der Waals surface area contributed by atoms with Crippen LogP contribution in [0.4, 0.5) is 5.69 Å². The fraction of sp³-hybridized carbons (Fsp3) is 0.263. The molecule has 2 aromatic carbocycles. The smallest absolute Gasteiger partial charge is 0.262 e. The number of aromatic hydroxyl groups is 1. The van der Waals surface area contributed by atoms with Crippen LogP contribution in [-0.2, 0) is 4.79 Å². The number of benzene rings is 2. The number of hydrogen-bond donors (Lipinski definition) is 3. The van der Waals surface area contributed by atoms with E-state index in [1.807, 2.05) is 38.1 Å². The molecular weight excluding hydrogens is 318 g/mol. The summed E-state index contributed by atoms with van der Waals surface area (Å²) in [5.41, 5.74) is 4.05. The first-order chi connectivity index (χ1) is 12.1. The average molecular weight is 341 g/mol. The van der Waals surface area contributed by atoms with Crippen molar-refractivity contribution in [1.29, 1.82) is 0 Å². The van der Waals surface area contributed by atoms with Crippen LogP contribution in [-0.4, -0.2) is 29.9 Å². The van der Waals surface area contributed by atoms with Crippen molar-refractivity contribution in [2.24, 2.45) is 5.10 Å². The Balaban J connectivity index is 1.91. The minimum Gasteiger partial charge on any atom is -0.508 e. The SMILES string of the molecule is CCOc1ccc(NC(CC)C(=O)NN=Cc2cccc(O)c2)cc1. The van der Waals surface area contributed by atoms with Gasteiger partial charge in [-0.1, -0.05) is 19.1 Å². The predicted octanol–water partition coefficient (Wildman–Crippen LogP) is 3.13. The van der Waals surface area contributed by atoms with Crippen LogP contribution in [0.2, 0.25) is 0 Å². The number of amides is 1. The van der Waals surface area contributed by atoms with Crippen LogP contribution < -0.4 is 15.5 Å². The highest BCUT2D eigenvalue weighted by molar-refractivity contribution is 5.86. The lowest BCUT2D eigenvalue weighted by Gasteiger charge is -2.16. The number of carbonyl (C=O) groups excluding carboxylic acids is 1. The van der Waals surface area contributed by atoms with Gasteiger partial charge in [-0.25, -0.2) is 5.43 Å². The van der Waals surface area contributed by atoms with E-state index >= 15 is 0 Å². The van der Waals surface area contributed by atoms with Crippen molar-refractivity contribution < 1.29 is 14.6 Å². The Labute approximate surface area is 147 Å². The number of nitrogens with zero attached hydrogens (tertiary/aromatic N) is 1. The van der Waals surface area contributed by atoms with Crippen LogP contribution in [0.15, 0.2) is 53.6 Å². The number of phenols is 1. The fourth-order valence-corrected chi connectivity index (χ4v) is 2.22. The molecule has 0 aromatic heterocycles. The van der Waals surface area contributed by atoms with Crippen molar-refractivity contribution in [3.63, 3.8) is 0 Å². The number of carbonyl (C=O) groups is 1. The first-order valence-corrected chi connectivity index (χ1v) is 8.23. The zero-order valence-corrected chi connectivity index (χ0v) is 14.4. The Hall–Kier alpha value is -3.02. The lowest BCUT2D eigenvalue weighted by Crippen LogP contribution is -2.36. The fourth-order valence-electron chi connectivity index (χ4n) is 2.22. The molecular formula is C19H23N3O3. The molecule has 0 fully saturated rings. The first-order valence-electron chi connectivity index (χ1n) is 8.23. The molecule has 132 valence electrons. The van der Waals surface area contributed by atoms with E-state index in [0.29, 0.717) is 18.6 Å². The second-order valence-corrected chi connectivity index (χ2v) is 5.39. The van der Waals surface area contributed by atoms with Gasteiger partial charge in [0, 0.05) is 5.69 Å². The molecule has 0 spiro atoms. The van der Waals surface area contributed by atoms with Gasteiger partial charge < -0.3 is 15.2 Å². The second-order valence-electron chi connectivity index (χ2n) is 5.39. The molecule has 0 aliphatic heterocycles. The van der Waals surface area contributed by atoms with Crippen molar-refractivity contribution in [1.82, 2.24) is 5.43 Å². The predicted molar refractivity (Wildman–Crippen MR) is 99.2 cm³/mol. The van der Waals surface area contributed by atoms with Gasteiger partial charge in [-0.05, 0) is 55.3 Å². The van der Waals surface area contributed by atoms with Crippen molar-refractivity contribution in [2.75, 3.05) is 11.9 Å². The van der Waals surface area contributed by atoms with Crippen LogP contribution in [0.5, 0.6) is 11.5 Å². The monoisotopic (exact) mass is 341 g/mol. The molecule has 0 aliphatic carbocycles. The van der Waals surface area contributed by atoms with Gasteiger partial charge in [-0.15, -0.1) is 0 Å². The summed E-state index contributed by atoms with van der Waals surface area (Å²) < 4.78 is 5.40. The molecule has 6 nitrogen and oxygen atoms in total. The number of rotatable bonds is 8. The topological polar surface area (TPSA) is 83.0 Å². The van der Waals surface area contributed by atoms with E-state index < -0.39 is 6.04 Å². The summed E-state index contributed by atoms with van der Waals surface area (Å²) in [6.45, 7) is 4.47. The summed E-state index contributed by atoms with van der Waals surface area (Å²) >= 11 is 0. The summed E-state index contributed by atoms with van der Waals surface area (Å²) in [6.07, 6.45) is 2.10. The number of nitrogens with one attached hydrogen (secondary N) is 2. The molecule has 0 heterocycles. The highest BCUT2D eigenvalue weighted by Gasteiger charge is 2.15. The van der Waals surface area contributed by atoms with Gasteiger partial charge in [-0.2, -0.15) is 5.10 Å². The molecule has 25 heavy (non-hydrogen) atoms. The average Bonchev–Trinajstić information content (AvgIpc) is 2.61. The third-order valence-electron chi connectivity index (χ3n) is 3.49. The van der Waals surface area contributed by atoms with Crippen LogP contribution in [0.25, 0.3) is 0 Å². The van der Waals surface area contributed by atoms with Crippen molar-refractivity contribution in [2.45, 2.75) is 26.3 Å². The summed E-state index contributed by atoms with van der Waals surface area (Å²) in [6, 6.07) is 13.7. The van der Waals surface area contributed by atoms with E-state index in [1.54, 1.807) is 24.3 Å². The highest BCUT2D eigenvalue weighted by atomic mass is 16.5. The molecule has 1 amide bonds. The van der Waals surface area contributed by atoms with Gasteiger partial charge >= 0.3 is 0 Å². The Morgan fingerprint density at radius 3 is 2.64 bits per heavy atom. The summed E-state index contributed by atoms with van der Waals surface area (Å²) in [4.78, 5) is 12.2. The number of phenolic OH excluding ortho intramolecular Hbond substituents is 1. The third kappa shape index (κ3) is 5.84. The van der Waals surface area contributed by atoms with Gasteiger partial charge in [0.15, 0.2) is 0 Å². The second kappa shape index (κ2) is 9.32. The quantitative estimate of drug-likeness (QED) is 0.509. The van der Waals surface area contributed by atoms with Crippen molar-refractivity contribution >= 4 is 17.8 Å². The molecule has 0 saturated heterocycles. The number of hydrogen-bond acceptors (Lipinski definition) is 5. The van der Waals surface area contributed by atoms with Crippen LogP contribution in [0.3, 0.4) is 0 Å². The summed E-state index contributed by atoms with van der Waals surface area (Å²) in [7, 11) is 0. The molecule has 2 aromatic rings. The van der Waals surface area contributed by atoms with Gasteiger partial charge in [0.05, 0.1) is 12.8 Å². The summed E-state index contributed by atoms with van der Waals surface area (Å²) in [5.74, 6) is 0.716.